The Morgan fingerprint density at radius 2 is 1.87 bits per heavy atom. The SMILES string of the molecule is CC(C)C(C(N)=S)N1C(=O)COCC1=O. The second kappa shape index (κ2) is 4.67. The number of nitrogens with zero attached hydrogens (tertiary/aromatic N) is 1. The highest BCUT2D eigenvalue weighted by atomic mass is 32.1. The molecular formula is C9H14N2O3S. The first-order valence-corrected chi connectivity index (χ1v) is 5.08. The third kappa shape index (κ3) is 2.51. The van der Waals surface area contributed by atoms with E-state index in [0.29, 0.717) is 0 Å². The van der Waals surface area contributed by atoms with Crippen LogP contribution in [0.3, 0.4) is 0 Å². The molecule has 0 aromatic rings. The molecule has 1 aliphatic heterocycles. The van der Waals surface area contributed by atoms with Crippen LogP contribution >= 0.6 is 12.2 Å². The van der Waals surface area contributed by atoms with Crippen molar-refractivity contribution in [2.45, 2.75) is 19.9 Å². The van der Waals surface area contributed by atoms with Crippen LogP contribution in [-0.2, 0) is 14.3 Å². The number of ether oxygens (including phenoxy) is 1. The largest absolute Gasteiger partial charge is 0.392 e. The third-order valence-electron chi connectivity index (χ3n) is 2.19. The van der Waals surface area contributed by atoms with Gasteiger partial charge in [-0.25, -0.2) is 0 Å². The number of hydrogen-bond donors (Lipinski definition) is 1. The Labute approximate surface area is 93.5 Å². The Bertz CT molecular complexity index is 288. The van der Waals surface area contributed by atoms with E-state index in [4.69, 9.17) is 22.7 Å². The quantitative estimate of drug-likeness (QED) is 0.531. The number of morpholine rings is 1. The molecule has 0 aromatic heterocycles. The van der Waals surface area contributed by atoms with Crippen molar-refractivity contribution in [1.29, 1.82) is 0 Å². The van der Waals surface area contributed by atoms with E-state index in [-0.39, 0.29) is 35.9 Å². The molecule has 1 fully saturated rings. The standard InChI is InChI=1S/C9H14N2O3S/c1-5(2)8(9(10)15)11-6(12)3-14-4-7(11)13/h5,8H,3-4H2,1-2H3,(H2,10,15). The van der Waals surface area contributed by atoms with Crippen molar-refractivity contribution in [3.63, 3.8) is 0 Å². The Kier molecular flexibility index (Phi) is 3.76. The fourth-order valence-electron chi connectivity index (χ4n) is 1.57. The molecule has 2 amide bonds. The van der Waals surface area contributed by atoms with Gasteiger partial charge in [0, 0.05) is 0 Å². The van der Waals surface area contributed by atoms with Crippen LogP contribution in [0, 0.1) is 5.92 Å². The van der Waals surface area contributed by atoms with Crippen LogP contribution < -0.4 is 5.73 Å². The van der Waals surface area contributed by atoms with Crippen molar-refractivity contribution >= 4 is 29.0 Å². The third-order valence-corrected chi connectivity index (χ3v) is 2.43. The molecule has 2 N–H and O–H groups in total. The summed E-state index contributed by atoms with van der Waals surface area (Å²) in [7, 11) is 0. The molecule has 84 valence electrons. The monoisotopic (exact) mass is 230 g/mol. The first-order valence-electron chi connectivity index (χ1n) is 4.67. The normalized spacial score (nSPS) is 19.5. The van der Waals surface area contributed by atoms with Crippen molar-refractivity contribution in [1.82, 2.24) is 4.90 Å². The summed E-state index contributed by atoms with van der Waals surface area (Å²) in [6.45, 7) is 3.55. The van der Waals surface area contributed by atoms with Gasteiger partial charge >= 0.3 is 0 Å². The number of nitrogens with two attached hydrogens (primary N) is 1. The zero-order valence-electron chi connectivity index (χ0n) is 8.73. The maximum absolute atomic E-state index is 11.5. The minimum Gasteiger partial charge on any atom is -0.392 e. The minimum atomic E-state index is -0.510. The number of amides is 2. The lowest BCUT2D eigenvalue weighted by Crippen LogP contribution is -2.57. The molecule has 0 aliphatic carbocycles. The zero-order valence-corrected chi connectivity index (χ0v) is 9.54. The van der Waals surface area contributed by atoms with Gasteiger partial charge < -0.3 is 10.5 Å². The lowest BCUT2D eigenvalue weighted by atomic mass is 10.0. The summed E-state index contributed by atoms with van der Waals surface area (Å²) in [6.07, 6.45) is 0. The molecular weight excluding hydrogens is 216 g/mol. The van der Waals surface area contributed by atoms with Crippen LogP contribution in [0.5, 0.6) is 0 Å². The predicted octanol–water partition coefficient (Wildman–Crippen LogP) is -0.318. The van der Waals surface area contributed by atoms with Crippen LogP contribution in [0.15, 0.2) is 0 Å². The van der Waals surface area contributed by atoms with Crippen molar-refractivity contribution in [2.75, 3.05) is 13.2 Å². The highest BCUT2D eigenvalue weighted by molar-refractivity contribution is 7.80. The Hall–Kier alpha value is -1.01. The lowest BCUT2D eigenvalue weighted by molar-refractivity contribution is -0.160. The van der Waals surface area contributed by atoms with E-state index < -0.39 is 6.04 Å². The molecule has 15 heavy (non-hydrogen) atoms. The molecule has 0 bridgehead atoms. The van der Waals surface area contributed by atoms with Crippen LogP contribution in [0.2, 0.25) is 0 Å². The van der Waals surface area contributed by atoms with Crippen molar-refractivity contribution in [3.05, 3.63) is 0 Å². The molecule has 0 spiro atoms. The van der Waals surface area contributed by atoms with Gasteiger partial charge in [-0.15, -0.1) is 0 Å². The maximum atomic E-state index is 11.5. The van der Waals surface area contributed by atoms with E-state index in [1.54, 1.807) is 0 Å². The smallest absolute Gasteiger partial charge is 0.255 e. The Morgan fingerprint density at radius 3 is 2.20 bits per heavy atom. The molecule has 1 saturated heterocycles. The molecule has 1 atom stereocenters. The van der Waals surface area contributed by atoms with E-state index in [9.17, 15) is 9.59 Å². The first kappa shape index (κ1) is 12.1. The van der Waals surface area contributed by atoms with Crippen LogP contribution in [0.25, 0.3) is 0 Å². The summed E-state index contributed by atoms with van der Waals surface area (Å²) in [5, 5.41) is 0. The number of carbonyl (C=O) groups excluding carboxylic acids is 2. The Balaban J connectivity index is 2.94. The van der Waals surface area contributed by atoms with E-state index in [1.165, 1.54) is 0 Å². The molecule has 1 rings (SSSR count). The summed E-state index contributed by atoms with van der Waals surface area (Å²) in [4.78, 5) is 24.3. The highest BCUT2D eigenvalue weighted by Crippen LogP contribution is 2.15. The van der Waals surface area contributed by atoms with E-state index >= 15 is 0 Å². The van der Waals surface area contributed by atoms with Crippen molar-refractivity contribution < 1.29 is 14.3 Å². The number of carbonyl (C=O) groups is 2. The topological polar surface area (TPSA) is 72.6 Å². The lowest BCUT2D eigenvalue weighted by Gasteiger charge is -2.34. The summed E-state index contributed by atoms with van der Waals surface area (Å²) in [6, 6.07) is -0.510. The van der Waals surface area contributed by atoms with Gasteiger partial charge in [0.15, 0.2) is 0 Å². The van der Waals surface area contributed by atoms with Gasteiger partial charge in [-0.1, -0.05) is 26.1 Å². The average molecular weight is 230 g/mol. The molecule has 0 radical (unpaired) electrons. The second-order valence-corrected chi connectivity index (χ2v) is 4.21. The van der Waals surface area contributed by atoms with Gasteiger partial charge in [0.1, 0.15) is 13.2 Å². The fourth-order valence-corrected chi connectivity index (χ4v) is 1.95. The van der Waals surface area contributed by atoms with Gasteiger partial charge in [0.25, 0.3) is 11.8 Å². The van der Waals surface area contributed by atoms with Crippen LogP contribution in [-0.4, -0.2) is 41.0 Å². The van der Waals surface area contributed by atoms with Gasteiger partial charge in [0.2, 0.25) is 0 Å². The molecule has 5 nitrogen and oxygen atoms in total. The summed E-state index contributed by atoms with van der Waals surface area (Å²) < 4.78 is 4.81. The molecule has 1 heterocycles. The van der Waals surface area contributed by atoms with Crippen LogP contribution in [0.4, 0.5) is 0 Å². The van der Waals surface area contributed by atoms with Crippen molar-refractivity contribution in [3.8, 4) is 0 Å². The van der Waals surface area contributed by atoms with E-state index in [1.807, 2.05) is 13.8 Å². The molecule has 1 unspecified atom stereocenters. The Morgan fingerprint density at radius 1 is 1.40 bits per heavy atom. The second-order valence-electron chi connectivity index (χ2n) is 3.74. The number of rotatable bonds is 3. The van der Waals surface area contributed by atoms with Gasteiger partial charge in [-0.3, -0.25) is 14.5 Å². The number of imide groups is 1. The van der Waals surface area contributed by atoms with E-state index in [0.717, 1.165) is 4.90 Å². The number of hydrogen-bond acceptors (Lipinski definition) is 4. The van der Waals surface area contributed by atoms with Gasteiger partial charge in [0.05, 0.1) is 11.0 Å². The number of thiocarbonyl (C=S) groups is 1. The predicted molar refractivity (Wildman–Crippen MR) is 58.1 cm³/mol. The molecule has 0 saturated carbocycles. The van der Waals surface area contributed by atoms with Crippen LogP contribution in [0.1, 0.15) is 13.8 Å². The molecule has 6 heteroatoms. The highest BCUT2D eigenvalue weighted by Gasteiger charge is 2.36. The zero-order chi connectivity index (χ0) is 11.6. The van der Waals surface area contributed by atoms with Gasteiger partial charge in [-0.05, 0) is 5.92 Å². The van der Waals surface area contributed by atoms with Gasteiger partial charge in [-0.2, -0.15) is 0 Å². The maximum Gasteiger partial charge on any atom is 0.255 e. The fraction of sp³-hybridized carbons (Fsp3) is 0.667. The van der Waals surface area contributed by atoms with E-state index in [2.05, 4.69) is 0 Å². The molecule has 0 aromatic carbocycles. The first-order chi connectivity index (χ1) is 6.95. The summed E-state index contributed by atoms with van der Waals surface area (Å²) in [5.41, 5.74) is 5.54. The average Bonchev–Trinajstić information content (AvgIpc) is 2.09. The minimum absolute atomic E-state index is 0.00787. The summed E-state index contributed by atoms with van der Waals surface area (Å²) >= 11 is 4.87. The molecule has 1 aliphatic rings. The summed E-state index contributed by atoms with van der Waals surface area (Å²) in [5.74, 6) is -0.746. The van der Waals surface area contributed by atoms with Crippen molar-refractivity contribution in [2.24, 2.45) is 11.7 Å².